The number of nitrogens with zero attached hydrogens (tertiary/aromatic N) is 3. The monoisotopic (exact) mass is 406 g/mol. The predicted octanol–water partition coefficient (Wildman–Crippen LogP) is 4.95. The number of alkyl halides is 3. The van der Waals surface area contributed by atoms with Gasteiger partial charge in [-0.2, -0.15) is 18.2 Å². The first-order chi connectivity index (χ1) is 13.8. The van der Waals surface area contributed by atoms with E-state index in [1.165, 1.54) is 31.4 Å². The molecule has 0 spiro atoms. The molecule has 0 amide bonds. The standard InChI is InChI=1S/C18H13F3N4O4/c1-28-13-5-7-14(8-6-13)29-17-15(25(26)27)16(22-10-23-17)24-12-4-2-3-11(9-12)18(19,20)21/h2-10H,1H3,(H,22,23,24). The van der Waals surface area contributed by atoms with Crippen LogP contribution in [-0.2, 0) is 6.18 Å². The van der Waals surface area contributed by atoms with E-state index in [9.17, 15) is 23.3 Å². The highest BCUT2D eigenvalue weighted by atomic mass is 19.4. The number of halogens is 3. The molecule has 1 aromatic heterocycles. The first kappa shape index (κ1) is 19.9. The zero-order valence-corrected chi connectivity index (χ0v) is 14.8. The normalized spacial score (nSPS) is 11.0. The molecular weight excluding hydrogens is 393 g/mol. The average Bonchev–Trinajstić information content (AvgIpc) is 2.68. The van der Waals surface area contributed by atoms with Crippen molar-refractivity contribution >= 4 is 17.2 Å². The molecule has 0 fully saturated rings. The molecule has 2 aromatic carbocycles. The van der Waals surface area contributed by atoms with Gasteiger partial charge in [0.1, 0.15) is 17.8 Å². The van der Waals surface area contributed by atoms with Crippen LogP contribution in [0.2, 0.25) is 0 Å². The summed E-state index contributed by atoms with van der Waals surface area (Å²) in [6.45, 7) is 0. The van der Waals surface area contributed by atoms with Gasteiger partial charge < -0.3 is 14.8 Å². The van der Waals surface area contributed by atoms with Crippen LogP contribution in [-0.4, -0.2) is 22.0 Å². The van der Waals surface area contributed by atoms with Gasteiger partial charge in [0.05, 0.1) is 17.6 Å². The fourth-order valence-electron chi connectivity index (χ4n) is 2.36. The number of hydrogen-bond donors (Lipinski definition) is 1. The number of nitro groups is 1. The minimum atomic E-state index is -4.56. The highest BCUT2D eigenvalue weighted by Gasteiger charge is 2.31. The number of benzene rings is 2. The van der Waals surface area contributed by atoms with Crippen molar-refractivity contribution in [3.05, 3.63) is 70.5 Å². The Balaban J connectivity index is 1.93. The Bertz CT molecular complexity index is 1030. The third-order valence-corrected chi connectivity index (χ3v) is 3.70. The van der Waals surface area contributed by atoms with Gasteiger partial charge in [-0.1, -0.05) is 6.07 Å². The molecule has 8 nitrogen and oxygen atoms in total. The maximum absolute atomic E-state index is 12.9. The average molecular weight is 406 g/mol. The van der Waals surface area contributed by atoms with Crippen molar-refractivity contribution in [1.82, 2.24) is 9.97 Å². The van der Waals surface area contributed by atoms with Crippen molar-refractivity contribution in [2.24, 2.45) is 0 Å². The Morgan fingerprint density at radius 2 is 1.76 bits per heavy atom. The van der Waals surface area contributed by atoms with Crippen LogP contribution in [0.1, 0.15) is 5.56 Å². The Morgan fingerprint density at radius 1 is 1.07 bits per heavy atom. The summed E-state index contributed by atoms with van der Waals surface area (Å²) < 4.78 is 49.1. The van der Waals surface area contributed by atoms with Gasteiger partial charge in [-0.3, -0.25) is 10.1 Å². The first-order valence-corrected chi connectivity index (χ1v) is 8.03. The zero-order chi connectivity index (χ0) is 21.0. The largest absolute Gasteiger partial charge is 0.497 e. The molecule has 1 N–H and O–H groups in total. The molecule has 0 bridgehead atoms. The lowest BCUT2D eigenvalue weighted by atomic mass is 10.2. The number of hydrogen-bond acceptors (Lipinski definition) is 7. The van der Waals surface area contributed by atoms with Crippen molar-refractivity contribution in [3.8, 4) is 17.4 Å². The minimum absolute atomic E-state index is 0.0305. The number of anilines is 2. The molecule has 0 atom stereocenters. The van der Waals surface area contributed by atoms with E-state index >= 15 is 0 Å². The summed E-state index contributed by atoms with van der Waals surface area (Å²) in [6, 6.07) is 10.4. The third kappa shape index (κ3) is 4.69. The molecular formula is C18H13F3N4O4. The lowest BCUT2D eigenvalue weighted by Gasteiger charge is -2.11. The topological polar surface area (TPSA) is 99.4 Å². The molecule has 3 rings (SSSR count). The van der Waals surface area contributed by atoms with E-state index < -0.39 is 22.4 Å². The number of aromatic nitrogens is 2. The van der Waals surface area contributed by atoms with Crippen molar-refractivity contribution in [1.29, 1.82) is 0 Å². The Labute approximate surface area is 162 Å². The summed E-state index contributed by atoms with van der Waals surface area (Å²) in [4.78, 5) is 18.3. The van der Waals surface area contributed by atoms with E-state index in [1.807, 2.05) is 0 Å². The smallest absolute Gasteiger partial charge is 0.416 e. The molecule has 0 saturated carbocycles. The fraction of sp³-hybridized carbons (Fsp3) is 0.111. The van der Waals surface area contributed by atoms with Crippen LogP contribution in [0.5, 0.6) is 17.4 Å². The molecule has 0 radical (unpaired) electrons. The van der Waals surface area contributed by atoms with E-state index in [0.717, 1.165) is 18.5 Å². The quantitative estimate of drug-likeness (QED) is 0.457. The molecule has 29 heavy (non-hydrogen) atoms. The molecule has 0 aliphatic rings. The number of methoxy groups -OCH3 is 1. The third-order valence-electron chi connectivity index (χ3n) is 3.70. The van der Waals surface area contributed by atoms with Gasteiger partial charge >= 0.3 is 17.7 Å². The SMILES string of the molecule is COc1ccc(Oc2ncnc(Nc3cccc(C(F)(F)F)c3)c2[N+](=O)[O-])cc1. The number of rotatable bonds is 6. The second kappa shape index (κ2) is 8.00. The first-order valence-electron chi connectivity index (χ1n) is 8.03. The van der Waals surface area contributed by atoms with Gasteiger partial charge in [0.2, 0.25) is 5.82 Å². The lowest BCUT2D eigenvalue weighted by molar-refractivity contribution is -0.385. The highest BCUT2D eigenvalue weighted by molar-refractivity contribution is 5.69. The van der Waals surface area contributed by atoms with Crippen LogP contribution in [0.3, 0.4) is 0 Å². The van der Waals surface area contributed by atoms with Crippen LogP contribution in [0, 0.1) is 10.1 Å². The highest BCUT2D eigenvalue weighted by Crippen LogP contribution is 2.37. The fourth-order valence-corrected chi connectivity index (χ4v) is 2.36. The second-order valence-corrected chi connectivity index (χ2v) is 5.61. The molecule has 150 valence electrons. The summed E-state index contributed by atoms with van der Waals surface area (Å²) >= 11 is 0. The number of nitrogens with one attached hydrogen (secondary N) is 1. The van der Waals surface area contributed by atoms with Crippen molar-refractivity contribution in [2.75, 3.05) is 12.4 Å². The van der Waals surface area contributed by atoms with Gasteiger partial charge in [-0.05, 0) is 42.5 Å². The van der Waals surface area contributed by atoms with Gasteiger partial charge in [-0.25, -0.2) is 4.98 Å². The van der Waals surface area contributed by atoms with Crippen molar-refractivity contribution in [3.63, 3.8) is 0 Å². The lowest BCUT2D eigenvalue weighted by Crippen LogP contribution is -2.06. The Morgan fingerprint density at radius 3 is 2.38 bits per heavy atom. The summed E-state index contributed by atoms with van der Waals surface area (Å²) in [5, 5.41) is 14.1. The van der Waals surface area contributed by atoms with Crippen molar-refractivity contribution < 1.29 is 27.6 Å². The molecule has 0 aliphatic heterocycles. The maximum atomic E-state index is 12.9. The zero-order valence-electron chi connectivity index (χ0n) is 14.8. The van der Waals surface area contributed by atoms with E-state index in [0.29, 0.717) is 5.75 Å². The van der Waals surface area contributed by atoms with Crippen LogP contribution in [0.15, 0.2) is 54.9 Å². The van der Waals surface area contributed by atoms with Crippen LogP contribution >= 0.6 is 0 Å². The molecule has 3 aromatic rings. The molecule has 0 saturated heterocycles. The molecule has 0 unspecified atom stereocenters. The van der Waals surface area contributed by atoms with E-state index in [-0.39, 0.29) is 23.1 Å². The van der Waals surface area contributed by atoms with Gasteiger partial charge in [-0.15, -0.1) is 0 Å². The predicted molar refractivity (Wildman–Crippen MR) is 96.5 cm³/mol. The van der Waals surface area contributed by atoms with E-state index in [1.54, 1.807) is 12.1 Å². The summed E-state index contributed by atoms with van der Waals surface area (Å²) in [5.74, 6) is 0.122. The minimum Gasteiger partial charge on any atom is -0.497 e. The van der Waals surface area contributed by atoms with Gasteiger partial charge in [0.15, 0.2) is 0 Å². The Hall–Kier alpha value is -3.89. The second-order valence-electron chi connectivity index (χ2n) is 5.61. The van der Waals surface area contributed by atoms with E-state index in [2.05, 4.69) is 15.3 Å². The summed E-state index contributed by atoms with van der Waals surface area (Å²) in [5.41, 5.74) is -1.56. The Kier molecular flexibility index (Phi) is 5.48. The van der Waals surface area contributed by atoms with E-state index in [4.69, 9.17) is 9.47 Å². The van der Waals surface area contributed by atoms with Crippen molar-refractivity contribution in [2.45, 2.75) is 6.18 Å². The van der Waals surface area contributed by atoms with Gasteiger partial charge in [0, 0.05) is 5.69 Å². The molecule has 1 heterocycles. The molecule has 0 aliphatic carbocycles. The van der Waals surface area contributed by atoms with Crippen LogP contribution in [0.25, 0.3) is 0 Å². The summed E-state index contributed by atoms with van der Waals surface area (Å²) in [6.07, 6.45) is -3.56. The summed E-state index contributed by atoms with van der Waals surface area (Å²) in [7, 11) is 1.48. The van der Waals surface area contributed by atoms with Gasteiger partial charge in [0.25, 0.3) is 0 Å². The van der Waals surface area contributed by atoms with Crippen LogP contribution < -0.4 is 14.8 Å². The maximum Gasteiger partial charge on any atom is 0.416 e. The number of ether oxygens (including phenoxy) is 2. The van der Waals surface area contributed by atoms with Crippen LogP contribution in [0.4, 0.5) is 30.4 Å². The molecule has 11 heteroatoms.